The molecule has 0 fully saturated rings. The fraction of sp³-hybridized carbons (Fsp3) is 0.643. The van der Waals surface area contributed by atoms with Gasteiger partial charge in [0.25, 0.3) is 5.91 Å². The number of nitrogens with one attached hydrogen (secondary N) is 2. The van der Waals surface area contributed by atoms with Crippen LogP contribution in [0.1, 0.15) is 35.9 Å². The van der Waals surface area contributed by atoms with Crippen LogP contribution in [0, 0.1) is 6.92 Å². The van der Waals surface area contributed by atoms with Crippen molar-refractivity contribution in [2.24, 2.45) is 0 Å². The molecular formula is C14H25N5O. The lowest BCUT2D eigenvalue weighted by Crippen LogP contribution is -2.32. The van der Waals surface area contributed by atoms with Gasteiger partial charge in [0.1, 0.15) is 5.69 Å². The molecule has 1 aromatic heterocycles. The first-order valence-corrected chi connectivity index (χ1v) is 7.05. The first kappa shape index (κ1) is 16.4. The van der Waals surface area contributed by atoms with Gasteiger partial charge in [-0.1, -0.05) is 13.3 Å². The van der Waals surface area contributed by atoms with E-state index in [1.165, 1.54) is 0 Å². The van der Waals surface area contributed by atoms with Crippen LogP contribution in [0.3, 0.4) is 0 Å². The molecule has 0 bridgehead atoms. The van der Waals surface area contributed by atoms with Crippen molar-refractivity contribution in [3.63, 3.8) is 0 Å². The number of aromatic nitrogens is 2. The number of hydrogen-bond acceptors (Lipinski definition) is 5. The van der Waals surface area contributed by atoms with E-state index >= 15 is 0 Å². The number of anilines is 1. The average Bonchev–Trinajstić information content (AvgIpc) is 2.38. The summed E-state index contributed by atoms with van der Waals surface area (Å²) in [4.78, 5) is 22.6. The standard InChI is InChI=1S/C14H25N5O/c1-5-6-7-16-14-17-11(2)10-12(18-14)13(20)15-8-9-19(3)4/h10H,5-9H2,1-4H3,(H,15,20)(H,16,17,18). The van der Waals surface area contributed by atoms with Crippen molar-refractivity contribution >= 4 is 11.9 Å². The highest BCUT2D eigenvalue weighted by Crippen LogP contribution is 2.05. The third-order valence-electron chi connectivity index (χ3n) is 2.74. The second-order valence-electron chi connectivity index (χ2n) is 5.06. The lowest BCUT2D eigenvalue weighted by atomic mass is 10.3. The summed E-state index contributed by atoms with van der Waals surface area (Å²) in [5.41, 5.74) is 1.20. The van der Waals surface area contributed by atoms with Gasteiger partial charge in [0.15, 0.2) is 0 Å². The predicted molar refractivity (Wildman–Crippen MR) is 81.1 cm³/mol. The van der Waals surface area contributed by atoms with Crippen molar-refractivity contribution in [2.45, 2.75) is 26.7 Å². The van der Waals surface area contributed by atoms with Crippen LogP contribution in [0.15, 0.2) is 6.07 Å². The van der Waals surface area contributed by atoms with Crippen molar-refractivity contribution in [1.29, 1.82) is 0 Å². The zero-order valence-electron chi connectivity index (χ0n) is 12.9. The van der Waals surface area contributed by atoms with Gasteiger partial charge >= 0.3 is 0 Å². The quantitative estimate of drug-likeness (QED) is 0.702. The van der Waals surface area contributed by atoms with Crippen LogP contribution in [0.4, 0.5) is 5.95 Å². The minimum absolute atomic E-state index is 0.157. The highest BCUT2D eigenvalue weighted by Gasteiger charge is 2.10. The molecule has 1 heterocycles. The van der Waals surface area contributed by atoms with Crippen molar-refractivity contribution in [3.05, 3.63) is 17.5 Å². The first-order valence-electron chi connectivity index (χ1n) is 7.05. The molecule has 112 valence electrons. The monoisotopic (exact) mass is 279 g/mol. The smallest absolute Gasteiger partial charge is 0.270 e. The van der Waals surface area contributed by atoms with Crippen molar-refractivity contribution in [3.8, 4) is 0 Å². The number of nitrogens with zero attached hydrogens (tertiary/aromatic N) is 3. The molecule has 20 heavy (non-hydrogen) atoms. The summed E-state index contributed by atoms with van der Waals surface area (Å²) in [5.74, 6) is 0.368. The maximum absolute atomic E-state index is 12.0. The highest BCUT2D eigenvalue weighted by molar-refractivity contribution is 5.92. The summed E-state index contributed by atoms with van der Waals surface area (Å²) >= 11 is 0. The Balaban J connectivity index is 2.61. The molecule has 0 saturated heterocycles. The molecule has 1 rings (SSSR count). The molecule has 1 aromatic rings. The maximum atomic E-state index is 12.0. The Morgan fingerprint density at radius 3 is 2.70 bits per heavy atom. The third-order valence-corrected chi connectivity index (χ3v) is 2.74. The van der Waals surface area contributed by atoms with Crippen LogP contribution in [0.5, 0.6) is 0 Å². The highest BCUT2D eigenvalue weighted by atomic mass is 16.1. The van der Waals surface area contributed by atoms with Gasteiger partial charge in [-0.15, -0.1) is 0 Å². The molecule has 0 aliphatic carbocycles. The normalized spacial score (nSPS) is 10.7. The first-order chi connectivity index (χ1) is 9.52. The number of carbonyl (C=O) groups excluding carboxylic acids is 1. The zero-order valence-corrected chi connectivity index (χ0v) is 12.9. The van der Waals surface area contributed by atoms with E-state index in [4.69, 9.17) is 0 Å². The van der Waals surface area contributed by atoms with Gasteiger partial charge in [-0.05, 0) is 33.5 Å². The van der Waals surface area contributed by atoms with Crippen LogP contribution in [0.2, 0.25) is 0 Å². The van der Waals surface area contributed by atoms with Crippen LogP contribution < -0.4 is 10.6 Å². The number of hydrogen-bond donors (Lipinski definition) is 2. The third kappa shape index (κ3) is 5.97. The Kier molecular flexibility index (Phi) is 6.93. The number of unbranched alkanes of at least 4 members (excludes halogenated alkanes) is 1. The van der Waals surface area contributed by atoms with Gasteiger partial charge < -0.3 is 15.5 Å². The molecule has 0 unspecified atom stereocenters. The van der Waals surface area contributed by atoms with Gasteiger partial charge in [0, 0.05) is 25.3 Å². The summed E-state index contributed by atoms with van der Waals surface area (Å²) in [6.45, 7) is 6.22. The minimum Gasteiger partial charge on any atom is -0.354 e. The van der Waals surface area contributed by atoms with Crippen LogP contribution in [-0.2, 0) is 0 Å². The number of carbonyl (C=O) groups is 1. The number of rotatable bonds is 8. The summed E-state index contributed by atoms with van der Waals surface area (Å²) in [6.07, 6.45) is 2.17. The molecule has 0 aliphatic rings. The molecule has 6 heteroatoms. The molecule has 0 atom stereocenters. The van der Waals surface area contributed by atoms with E-state index in [9.17, 15) is 4.79 Å². The number of likely N-dealkylation sites (N-methyl/N-ethyl adjacent to an activating group) is 1. The van der Waals surface area contributed by atoms with E-state index < -0.39 is 0 Å². The van der Waals surface area contributed by atoms with Crippen LogP contribution >= 0.6 is 0 Å². The molecule has 0 spiro atoms. The second kappa shape index (κ2) is 8.47. The summed E-state index contributed by atoms with van der Waals surface area (Å²) in [5, 5.41) is 6.00. The van der Waals surface area contributed by atoms with Gasteiger partial charge in [-0.25, -0.2) is 9.97 Å². The van der Waals surface area contributed by atoms with E-state index in [0.717, 1.165) is 31.6 Å². The summed E-state index contributed by atoms with van der Waals surface area (Å²) in [6, 6.07) is 1.70. The number of aryl methyl sites for hydroxylation is 1. The fourth-order valence-electron chi connectivity index (χ4n) is 1.62. The molecule has 2 N–H and O–H groups in total. The van der Waals surface area contributed by atoms with Gasteiger partial charge in [0.2, 0.25) is 5.95 Å². The number of amides is 1. The van der Waals surface area contributed by atoms with E-state index in [1.807, 2.05) is 25.9 Å². The Bertz CT molecular complexity index is 434. The Hall–Kier alpha value is -1.69. The SMILES string of the molecule is CCCCNc1nc(C)cc(C(=O)NCCN(C)C)n1. The van der Waals surface area contributed by atoms with Gasteiger partial charge in [-0.2, -0.15) is 0 Å². The minimum atomic E-state index is -0.157. The predicted octanol–water partition coefficient (Wildman–Crippen LogP) is 1.29. The average molecular weight is 279 g/mol. The maximum Gasteiger partial charge on any atom is 0.270 e. The zero-order chi connectivity index (χ0) is 15.0. The Morgan fingerprint density at radius 2 is 2.05 bits per heavy atom. The van der Waals surface area contributed by atoms with E-state index in [-0.39, 0.29) is 5.91 Å². The Morgan fingerprint density at radius 1 is 1.30 bits per heavy atom. The second-order valence-corrected chi connectivity index (χ2v) is 5.06. The topological polar surface area (TPSA) is 70.2 Å². The van der Waals surface area contributed by atoms with Gasteiger partial charge in [-0.3, -0.25) is 4.79 Å². The van der Waals surface area contributed by atoms with Crippen molar-refractivity contribution in [1.82, 2.24) is 20.2 Å². The molecule has 0 aromatic carbocycles. The van der Waals surface area contributed by atoms with E-state index in [0.29, 0.717) is 18.2 Å². The summed E-state index contributed by atoms with van der Waals surface area (Å²) < 4.78 is 0. The van der Waals surface area contributed by atoms with Crippen LogP contribution in [0.25, 0.3) is 0 Å². The van der Waals surface area contributed by atoms with E-state index in [2.05, 4.69) is 27.5 Å². The molecule has 0 aliphatic heterocycles. The lowest BCUT2D eigenvalue weighted by Gasteiger charge is -2.11. The largest absolute Gasteiger partial charge is 0.354 e. The molecule has 1 amide bonds. The molecule has 0 saturated carbocycles. The fourth-order valence-corrected chi connectivity index (χ4v) is 1.62. The molecule has 0 radical (unpaired) electrons. The van der Waals surface area contributed by atoms with Crippen molar-refractivity contribution in [2.75, 3.05) is 39.0 Å². The van der Waals surface area contributed by atoms with Crippen LogP contribution in [-0.4, -0.2) is 54.5 Å². The van der Waals surface area contributed by atoms with E-state index in [1.54, 1.807) is 6.07 Å². The lowest BCUT2D eigenvalue weighted by molar-refractivity contribution is 0.0946. The molecule has 6 nitrogen and oxygen atoms in total. The summed E-state index contributed by atoms with van der Waals surface area (Å²) in [7, 11) is 3.94. The van der Waals surface area contributed by atoms with Gasteiger partial charge in [0.05, 0.1) is 0 Å². The Labute approximate surface area is 121 Å². The van der Waals surface area contributed by atoms with Crippen molar-refractivity contribution < 1.29 is 4.79 Å². The molecular weight excluding hydrogens is 254 g/mol.